The fraction of sp³-hybridized carbons (Fsp3) is 0.320. The number of anilines is 2. The van der Waals surface area contributed by atoms with Crippen LogP contribution in [0.5, 0.6) is 5.75 Å². The lowest BCUT2D eigenvalue weighted by atomic mass is 10.1. The van der Waals surface area contributed by atoms with Gasteiger partial charge in [0.2, 0.25) is 5.91 Å². The molecular formula is C25H29FN4O3. The van der Waals surface area contributed by atoms with Crippen molar-refractivity contribution in [2.75, 3.05) is 17.7 Å². The summed E-state index contributed by atoms with van der Waals surface area (Å²) in [5.74, 6) is -0.319. The van der Waals surface area contributed by atoms with Gasteiger partial charge in [-0.25, -0.2) is 4.39 Å². The molecule has 8 heteroatoms. The quantitative estimate of drug-likeness (QED) is 0.517. The Balaban J connectivity index is 1.75. The molecule has 0 radical (unpaired) electrons. The fourth-order valence-electron chi connectivity index (χ4n) is 3.59. The smallest absolute Gasteiger partial charge is 0.255 e. The third kappa shape index (κ3) is 5.97. The zero-order chi connectivity index (χ0) is 24.1. The Morgan fingerprint density at radius 3 is 2.55 bits per heavy atom. The van der Waals surface area contributed by atoms with Crippen molar-refractivity contribution in [2.24, 2.45) is 5.92 Å². The number of carbonyl (C=O) groups is 2. The zero-order valence-electron chi connectivity index (χ0n) is 19.5. The highest BCUT2D eigenvalue weighted by Crippen LogP contribution is 2.28. The molecule has 0 aliphatic heterocycles. The third-order valence-corrected chi connectivity index (χ3v) is 5.23. The van der Waals surface area contributed by atoms with Gasteiger partial charge in [0.25, 0.3) is 5.91 Å². The van der Waals surface area contributed by atoms with E-state index in [1.54, 1.807) is 18.2 Å². The minimum absolute atomic E-state index is 0.177. The maximum absolute atomic E-state index is 13.5. The molecule has 2 N–H and O–H groups in total. The fourth-order valence-corrected chi connectivity index (χ4v) is 3.59. The van der Waals surface area contributed by atoms with Crippen molar-refractivity contribution in [3.05, 3.63) is 70.8 Å². The van der Waals surface area contributed by atoms with Crippen LogP contribution in [0.25, 0.3) is 0 Å². The van der Waals surface area contributed by atoms with Crippen LogP contribution >= 0.6 is 0 Å². The van der Waals surface area contributed by atoms with Gasteiger partial charge in [0, 0.05) is 29.1 Å². The number of amides is 2. The molecule has 174 valence electrons. The molecule has 0 atom stereocenters. The van der Waals surface area contributed by atoms with Crippen molar-refractivity contribution in [3.63, 3.8) is 0 Å². The van der Waals surface area contributed by atoms with E-state index in [0.717, 1.165) is 29.6 Å². The van der Waals surface area contributed by atoms with Crippen molar-refractivity contribution < 1.29 is 18.7 Å². The Morgan fingerprint density at radius 1 is 1.12 bits per heavy atom. The van der Waals surface area contributed by atoms with E-state index in [1.807, 2.05) is 18.5 Å². The summed E-state index contributed by atoms with van der Waals surface area (Å²) in [6.07, 6.45) is 0.187. The largest absolute Gasteiger partial charge is 0.495 e. The van der Waals surface area contributed by atoms with E-state index in [9.17, 15) is 14.0 Å². The second-order valence-electron chi connectivity index (χ2n) is 8.33. The first-order chi connectivity index (χ1) is 15.7. The first kappa shape index (κ1) is 24.0. The predicted molar refractivity (Wildman–Crippen MR) is 126 cm³/mol. The van der Waals surface area contributed by atoms with Gasteiger partial charge in [0.05, 0.1) is 24.9 Å². The summed E-state index contributed by atoms with van der Waals surface area (Å²) in [5.41, 5.74) is 3.76. The number of methoxy groups -OCH3 is 1. The Morgan fingerprint density at radius 2 is 1.88 bits per heavy atom. The van der Waals surface area contributed by atoms with Crippen molar-refractivity contribution >= 4 is 23.2 Å². The zero-order valence-corrected chi connectivity index (χ0v) is 19.5. The van der Waals surface area contributed by atoms with Crippen LogP contribution in [0.1, 0.15) is 41.2 Å². The second-order valence-corrected chi connectivity index (χ2v) is 8.33. The second kappa shape index (κ2) is 10.3. The van der Waals surface area contributed by atoms with Crippen molar-refractivity contribution in [1.29, 1.82) is 0 Å². The van der Waals surface area contributed by atoms with Crippen LogP contribution in [0.4, 0.5) is 15.8 Å². The van der Waals surface area contributed by atoms with Crippen molar-refractivity contribution in [3.8, 4) is 5.75 Å². The molecule has 2 aromatic carbocycles. The van der Waals surface area contributed by atoms with Crippen LogP contribution in [-0.2, 0) is 17.8 Å². The van der Waals surface area contributed by atoms with E-state index in [-0.39, 0.29) is 17.9 Å². The summed E-state index contributed by atoms with van der Waals surface area (Å²) in [7, 11) is 1.48. The van der Waals surface area contributed by atoms with Gasteiger partial charge in [0.15, 0.2) is 0 Å². The highest BCUT2D eigenvalue weighted by Gasteiger charge is 2.17. The number of aryl methyl sites for hydroxylation is 1. The van der Waals surface area contributed by atoms with Crippen LogP contribution in [0.3, 0.4) is 0 Å². The summed E-state index contributed by atoms with van der Waals surface area (Å²) >= 11 is 0. The van der Waals surface area contributed by atoms with Crippen LogP contribution in [0.15, 0.2) is 42.5 Å². The molecule has 7 nitrogen and oxygen atoms in total. The lowest BCUT2D eigenvalue weighted by Gasteiger charge is -2.13. The van der Waals surface area contributed by atoms with Crippen LogP contribution < -0.4 is 15.4 Å². The molecule has 0 aliphatic rings. The van der Waals surface area contributed by atoms with E-state index in [0.29, 0.717) is 23.0 Å². The predicted octanol–water partition coefficient (Wildman–Crippen LogP) is 4.74. The first-order valence-electron chi connectivity index (χ1n) is 10.8. The molecule has 1 aromatic heterocycles. The van der Waals surface area contributed by atoms with Gasteiger partial charge in [-0.05, 0) is 56.2 Å². The van der Waals surface area contributed by atoms with Crippen LogP contribution in [0.2, 0.25) is 0 Å². The minimum atomic E-state index is -0.502. The third-order valence-electron chi connectivity index (χ3n) is 5.23. The van der Waals surface area contributed by atoms with Gasteiger partial charge in [-0.1, -0.05) is 19.9 Å². The molecule has 3 aromatic rings. The highest BCUT2D eigenvalue weighted by atomic mass is 19.1. The molecule has 0 aliphatic carbocycles. The van der Waals surface area contributed by atoms with E-state index < -0.39 is 11.7 Å². The first-order valence-corrected chi connectivity index (χ1v) is 10.8. The highest BCUT2D eigenvalue weighted by molar-refractivity contribution is 6.05. The molecule has 2 amide bonds. The Hall–Kier alpha value is -3.68. The topological polar surface area (TPSA) is 85.2 Å². The SMILES string of the molecule is COc1ccc(NC(=O)Cc2c(C)nn(CC(C)C)c2C)cc1NC(=O)c1cccc(F)c1. The minimum Gasteiger partial charge on any atom is -0.495 e. The van der Waals surface area contributed by atoms with Crippen molar-refractivity contribution in [2.45, 2.75) is 40.7 Å². The monoisotopic (exact) mass is 452 g/mol. The summed E-state index contributed by atoms with van der Waals surface area (Å²) in [6, 6.07) is 10.3. The number of nitrogens with zero attached hydrogens (tertiary/aromatic N) is 2. The lowest BCUT2D eigenvalue weighted by Crippen LogP contribution is -2.17. The van der Waals surface area contributed by atoms with Gasteiger partial charge in [-0.3, -0.25) is 14.3 Å². The summed E-state index contributed by atoms with van der Waals surface area (Å²) < 4.78 is 20.7. The molecule has 0 fully saturated rings. The molecule has 3 rings (SSSR count). The van der Waals surface area contributed by atoms with Gasteiger partial charge in [0.1, 0.15) is 11.6 Å². The van der Waals surface area contributed by atoms with E-state index in [1.165, 1.54) is 25.3 Å². The number of ether oxygens (including phenoxy) is 1. The molecule has 1 heterocycles. The molecule has 0 bridgehead atoms. The summed E-state index contributed by atoms with van der Waals surface area (Å²) in [4.78, 5) is 25.3. The molecule has 0 saturated heterocycles. The van der Waals surface area contributed by atoms with E-state index in [4.69, 9.17) is 4.74 Å². The lowest BCUT2D eigenvalue weighted by molar-refractivity contribution is -0.115. The number of hydrogen-bond donors (Lipinski definition) is 2. The Bertz CT molecular complexity index is 1170. The van der Waals surface area contributed by atoms with Crippen LogP contribution in [0, 0.1) is 25.6 Å². The standard InChI is InChI=1S/C25H29FN4O3/c1-15(2)14-30-17(4)21(16(3)29-30)13-24(31)27-20-9-10-23(33-5)22(12-20)28-25(32)18-7-6-8-19(26)11-18/h6-12,15H,13-14H2,1-5H3,(H,27,31)(H,28,32). The van der Waals surface area contributed by atoms with E-state index >= 15 is 0 Å². The average Bonchev–Trinajstić information content (AvgIpc) is 3.00. The Kier molecular flexibility index (Phi) is 7.48. The van der Waals surface area contributed by atoms with Gasteiger partial charge < -0.3 is 15.4 Å². The average molecular weight is 453 g/mol. The number of nitrogens with one attached hydrogen (secondary N) is 2. The maximum atomic E-state index is 13.5. The molecule has 0 unspecified atom stereocenters. The molecular weight excluding hydrogens is 423 g/mol. The molecule has 0 saturated carbocycles. The number of rotatable bonds is 8. The summed E-state index contributed by atoms with van der Waals surface area (Å²) in [6.45, 7) is 8.91. The van der Waals surface area contributed by atoms with Crippen LogP contribution in [-0.4, -0.2) is 28.7 Å². The van der Waals surface area contributed by atoms with Crippen molar-refractivity contribution in [1.82, 2.24) is 9.78 Å². The molecule has 0 spiro atoms. The number of benzene rings is 2. The number of halogens is 1. The normalized spacial score (nSPS) is 10.9. The Labute approximate surface area is 193 Å². The number of carbonyl (C=O) groups excluding carboxylic acids is 2. The van der Waals surface area contributed by atoms with Gasteiger partial charge in [-0.15, -0.1) is 0 Å². The van der Waals surface area contributed by atoms with Gasteiger partial charge in [-0.2, -0.15) is 5.10 Å². The maximum Gasteiger partial charge on any atom is 0.255 e. The molecule has 33 heavy (non-hydrogen) atoms. The number of aromatic nitrogens is 2. The van der Waals surface area contributed by atoms with Gasteiger partial charge >= 0.3 is 0 Å². The number of hydrogen-bond acceptors (Lipinski definition) is 4. The van der Waals surface area contributed by atoms with E-state index in [2.05, 4.69) is 29.6 Å². The summed E-state index contributed by atoms with van der Waals surface area (Å²) in [5, 5.41) is 10.1.